The van der Waals surface area contributed by atoms with E-state index in [2.05, 4.69) is 19.2 Å². The van der Waals surface area contributed by atoms with Crippen molar-refractivity contribution in [1.29, 1.82) is 0 Å². The maximum absolute atomic E-state index is 13.1. The average Bonchev–Trinajstić information content (AvgIpc) is 3.14. The molecular weight excluding hydrogens is 458 g/mol. The molecule has 0 aliphatic heterocycles. The molecule has 3 rings (SSSR count). The van der Waals surface area contributed by atoms with Gasteiger partial charge in [0, 0.05) is 36.7 Å². The highest BCUT2D eigenvalue weighted by atomic mass is 16.5. The second-order valence-electron chi connectivity index (χ2n) is 8.62. The van der Waals surface area contributed by atoms with Gasteiger partial charge in [-0.1, -0.05) is 26.0 Å². The van der Waals surface area contributed by atoms with Crippen molar-refractivity contribution >= 4 is 22.7 Å². The number of aryl methyl sites for hydroxylation is 1. The van der Waals surface area contributed by atoms with Crippen LogP contribution in [0.15, 0.2) is 42.5 Å². The van der Waals surface area contributed by atoms with Crippen molar-refractivity contribution in [3.05, 3.63) is 53.7 Å². The van der Waals surface area contributed by atoms with Gasteiger partial charge in [0.1, 0.15) is 12.4 Å². The van der Waals surface area contributed by atoms with Crippen LogP contribution in [0, 0.1) is 6.92 Å². The molecule has 194 valence electrons. The van der Waals surface area contributed by atoms with Crippen molar-refractivity contribution in [3.8, 4) is 17.2 Å². The summed E-state index contributed by atoms with van der Waals surface area (Å²) in [6.45, 7) is 8.08. The van der Waals surface area contributed by atoms with Crippen molar-refractivity contribution in [3.63, 3.8) is 0 Å². The lowest BCUT2D eigenvalue weighted by atomic mass is 10.1. The fourth-order valence-corrected chi connectivity index (χ4v) is 4.22. The first-order valence-electron chi connectivity index (χ1n) is 12.4. The van der Waals surface area contributed by atoms with Gasteiger partial charge in [-0.3, -0.25) is 9.59 Å². The molecule has 2 aromatic carbocycles. The number of methoxy groups -OCH3 is 1. The molecular formula is C28H37N3O5. The van der Waals surface area contributed by atoms with Gasteiger partial charge in [-0.25, -0.2) is 0 Å². The highest BCUT2D eigenvalue weighted by Gasteiger charge is 2.20. The predicted molar refractivity (Wildman–Crippen MR) is 141 cm³/mol. The second-order valence-corrected chi connectivity index (χ2v) is 8.62. The Morgan fingerprint density at radius 2 is 1.69 bits per heavy atom. The van der Waals surface area contributed by atoms with Crippen LogP contribution in [0.5, 0.6) is 17.2 Å². The lowest BCUT2D eigenvalue weighted by molar-refractivity contribution is -0.133. The standard InChI is InChI=1S/C28H37N3O5/c1-6-15-31(16-7-2)26(32)19-36-21-12-13-23-22(18-21)27(20(3)30(23)4)28(33)29-14-17-35-25-11-9-8-10-24(25)34-5/h8-13,18H,6-7,14-17,19H2,1-5H3,(H,29,33). The largest absolute Gasteiger partial charge is 0.493 e. The number of fused-ring (bicyclic) bond motifs is 1. The smallest absolute Gasteiger partial charge is 0.260 e. The minimum Gasteiger partial charge on any atom is -0.493 e. The monoisotopic (exact) mass is 495 g/mol. The van der Waals surface area contributed by atoms with E-state index in [4.69, 9.17) is 14.2 Å². The summed E-state index contributed by atoms with van der Waals surface area (Å²) < 4.78 is 18.9. The number of ether oxygens (including phenoxy) is 3. The van der Waals surface area contributed by atoms with E-state index < -0.39 is 0 Å². The summed E-state index contributed by atoms with van der Waals surface area (Å²) in [6.07, 6.45) is 1.81. The maximum atomic E-state index is 13.1. The summed E-state index contributed by atoms with van der Waals surface area (Å²) in [7, 11) is 3.52. The van der Waals surface area contributed by atoms with Crippen LogP contribution < -0.4 is 19.5 Å². The number of para-hydroxylation sites is 2. The molecule has 8 heteroatoms. The molecule has 1 heterocycles. The number of nitrogens with zero attached hydrogens (tertiary/aromatic N) is 2. The maximum Gasteiger partial charge on any atom is 0.260 e. The number of hydrogen-bond donors (Lipinski definition) is 1. The first kappa shape index (κ1) is 26.9. The zero-order valence-electron chi connectivity index (χ0n) is 21.9. The van der Waals surface area contributed by atoms with E-state index in [0.29, 0.717) is 36.0 Å². The molecule has 0 bridgehead atoms. The van der Waals surface area contributed by atoms with Crippen LogP contribution in [0.25, 0.3) is 10.9 Å². The van der Waals surface area contributed by atoms with Crippen LogP contribution in [0.4, 0.5) is 0 Å². The number of carbonyl (C=O) groups excluding carboxylic acids is 2. The summed E-state index contributed by atoms with van der Waals surface area (Å²) in [5.41, 5.74) is 2.35. The number of nitrogens with one attached hydrogen (secondary N) is 1. The highest BCUT2D eigenvalue weighted by molar-refractivity contribution is 6.08. The van der Waals surface area contributed by atoms with Gasteiger partial charge in [0.2, 0.25) is 0 Å². The van der Waals surface area contributed by atoms with E-state index in [1.807, 2.05) is 65.9 Å². The minimum absolute atomic E-state index is 0.0286. The van der Waals surface area contributed by atoms with Crippen molar-refractivity contribution in [2.24, 2.45) is 7.05 Å². The van der Waals surface area contributed by atoms with E-state index >= 15 is 0 Å². The summed E-state index contributed by atoms with van der Waals surface area (Å²) in [5, 5.41) is 3.73. The molecule has 0 aliphatic carbocycles. The molecule has 0 atom stereocenters. The molecule has 0 fully saturated rings. The quantitative estimate of drug-likeness (QED) is 0.357. The minimum atomic E-state index is -0.188. The summed E-state index contributed by atoms with van der Waals surface area (Å²) in [5.74, 6) is 1.61. The number of benzene rings is 2. The first-order chi connectivity index (χ1) is 17.4. The molecule has 0 saturated carbocycles. The molecule has 3 aromatic rings. The van der Waals surface area contributed by atoms with E-state index in [9.17, 15) is 9.59 Å². The van der Waals surface area contributed by atoms with Gasteiger partial charge in [0.05, 0.1) is 19.2 Å². The Hall–Kier alpha value is -3.68. The van der Waals surface area contributed by atoms with Gasteiger partial charge < -0.3 is 29.0 Å². The van der Waals surface area contributed by atoms with Crippen LogP contribution in [0.1, 0.15) is 42.7 Å². The third-order valence-corrected chi connectivity index (χ3v) is 6.11. The lowest BCUT2D eigenvalue weighted by Crippen LogP contribution is -2.36. The summed E-state index contributed by atoms with van der Waals surface area (Å²) >= 11 is 0. The lowest BCUT2D eigenvalue weighted by Gasteiger charge is -2.21. The molecule has 1 aromatic heterocycles. The van der Waals surface area contributed by atoms with Gasteiger partial charge >= 0.3 is 0 Å². The zero-order valence-corrected chi connectivity index (χ0v) is 21.9. The number of aromatic nitrogens is 1. The first-order valence-corrected chi connectivity index (χ1v) is 12.4. The van der Waals surface area contributed by atoms with Crippen LogP contribution >= 0.6 is 0 Å². The van der Waals surface area contributed by atoms with Gasteiger partial charge in [-0.2, -0.15) is 0 Å². The molecule has 36 heavy (non-hydrogen) atoms. The molecule has 0 spiro atoms. The fourth-order valence-electron chi connectivity index (χ4n) is 4.22. The number of rotatable bonds is 13. The van der Waals surface area contributed by atoms with Crippen molar-refractivity contribution in [2.75, 3.05) is 40.0 Å². The molecule has 1 N–H and O–H groups in total. The topological polar surface area (TPSA) is 82.0 Å². The Bertz CT molecular complexity index is 1180. The van der Waals surface area contributed by atoms with Gasteiger partial charge in [-0.05, 0) is 50.1 Å². The van der Waals surface area contributed by atoms with Gasteiger partial charge in [0.15, 0.2) is 18.1 Å². The summed E-state index contributed by atoms with van der Waals surface area (Å²) in [4.78, 5) is 27.6. The molecule has 8 nitrogen and oxygen atoms in total. The molecule has 0 radical (unpaired) electrons. The van der Waals surface area contributed by atoms with Crippen molar-refractivity contribution in [2.45, 2.75) is 33.6 Å². The Morgan fingerprint density at radius 3 is 2.36 bits per heavy atom. The molecule has 0 aliphatic rings. The van der Waals surface area contributed by atoms with Crippen molar-refractivity contribution in [1.82, 2.24) is 14.8 Å². The van der Waals surface area contributed by atoms with Crippen LogP contribution in [-0.4, -0.2) is 61.2 Å². The van der Waals surface area contributed by atoms with Crippen molar-refractivity contribution < 1.29 is 23.8 Å². The van der Waals surface area contributed by atoms with E-state index in [1.165, 1.54) is 0 Å². The number of carbonyl (C=O) groups is 2. The highest BCUT2D eigenvalue weighted by Crippen LogP contribution is 2.29. The van der Waals surface area contributed by atoms with Crippen LogP contribution in [0.2, 0.25) is 0 Å². The number of hydrogen-bond acceptors (Lipinski definition) is 5. The summed E-state index contributed by atoms with van der Waals surface area (Å²) in [6, 6.07) is 13.0. The SMILES string of the molecule is CCCN(CCC)C(=O)COc1ccc2c(c1)c(C(=O)NCCOc1ccccc1OC)c(C)n2C. The zero-order chi connectivity index (χ0) is 26.1. The molecule has 2 amide bonds. The van der Waals surface area contributed by atoms with Gasteiger partial charge in [0.25, 0.3) is 11.8 Å². The van der Waals surface area contributed by atoms with Gasteiger partial charge in [-0.15, -0.1) is 0 Å². The van der Waals surface area contributed by atoms with E-state index in [-0.39, 0.29) is 18.4 Å². The number of amides is 2. The van der Waals surface area contributed by atoms with Crippen LogP contribution in [0.3, 0.4) is 0 Å². The second kappa shape index (κ2) is 12.9. The predicted octanol–water partition coefficient (Wildman–Crippen LogP) is 4.33. The average molecular weight is 496 g/mol. The normalized spacial score (nSPS) is 10.8. The Kier molecular flexibility index (Phi) is 9.61. The van der Waals surface area contributed by atoms with Crippen LogP contribution in [-0.2, 0) is 11.8 Å². The third-order valence-electron chi connectivity index (χ3n) is 6.11. The van der Waals surface area contributed by atoms with E-state index in [1.54, 1.807) is 7.11 Å². The molecule has 0 unspecified atom stereocenters. The Labute approximate surface area is 213 Å². The molecule has 0 saturated heterocycles. The van der Waals surface area contributed by atoms with E-state index in [0.717, 1.165) is 42.5 Å². The fraction of sp³-hybridized carbons (Fsp3) is 0.429. The Morgan fingerprint density at radius 1 is 1.00 bits per heavy atom. The Balaban J connectivity index is 1.68. The third kappa shape index (κ3) is 6.30.